The van der Waals surface area contributed by atoms with Crippen LogP contribution >= 0.6 is 15.9 Å². The predicted molar refractivity (Wildman–Crippen MR) is 79.1 cm³/mol. The van der Waals surface area contributed by atoms with Crippen LogP contribution in [0, 0.1) is 0 Å². The monoisotopic (exact) mass is 336 g/mol. The summed E-state index contributed by atoms with van der Waals surface area (Å²) in [6.45, 7) is 0. The number of ether oxygens (including phenoxy) is 3. The number of carbonyl (C=O) groups excluding carboxylic acids is 1. The molecule has 0 aliphatic rings. The van der Waals surface area contributed by atoms with Gasteiger partial charge in [-0.25, -0.2) is 0 Å². The standard InChI is InChI=1S/C15H13BrO4/c1-18-13-7-10(9-17)8-14(19-2)15(13)20-12-5-3-11(16)4-6-12/h3-9H,1-2H3. The van der Waals surface area contributed by atoms with Gasteiger partial charge < -0.3 is 14.2 Å². The molecule has 0 fully saturated rings. The predicted octanol–water partition coefficient (Wildman–Crippen LogP) is 4.07. The summed E-state index contributed by atoms with van der Waals surface area (Å²) < 4.78 is 17.3. The van der Waals surface area contributed by atoms with E-state index in [1.807, 2.05) is 24.3 Å². The first kappa shape index (κ1) is 14.4. The minimum absolute atomic E-state index is 0.433. The summed E-state index contributed by atoms with van der Waals surface area (Å²) in [5, 5.41) is 0. The van der Waals surface area contributed by atoms with Crippen LogP contribution in [0.25, 0.3) is 0 Å². The molecule has 4 nitrogen and oxygen atoms in total. The third-order valence-corrected chi connectivity index (χ3v) is 3.18. The molecule has 5 heteroatoms. The minimum Gasteiger partial charge on any atom is -0.493 e. The van der Waals surface area contributed by atoms with Gasteiger partial charge in [0.1, 0.15) is 12.0 Å². The van der Waals surface area contributed by atoms with Crippen LogP contribution in [0.15, 0.2) is 40.9 Å². The van der Waals surface area contributed by atoms with Gasteiger partial charge >= 0.3 is 0 Å². The summed E-state index contributed by atoms with van der Waals surface area (Å²) in [7, 11) is 3.02. The third-order valence-electron chi connectivity index (χ3n) is 2.65. The molecule has 2 aromatic carbocycles. The smallest absolute Gasteiger partial charge is 0.211 e. The number of carbonyl (C=O) groups is 1. The van der Waals surface area contributed by atoms with Crippen molar-refractivity contribution in [3.05, 3.63) is 46.4 Å². The molecule has 0 bridgehead atoms. The molecule has 0 amide bonds. The van der Waals surface area contributed by atoms with E-state index < -0.39 is 0 Å². The van der Waals surface area contributed by atoms with Crippen molar-refractivity contribution in [3.8, 4) is 23.0 Å². The van der Waals surface area contributed by atoms with E-state index in [0.29, 0.717) is 28.6 Å². The lowest BCUT2D eigenvalue weighted by molar-refractivity contribution is 0.112. The minimum atomic E-state index is 0.433. The summed E-state index contributed by atoms with van der Waals surface area (Å²) >= 11 is 3.36. The van der Waals surface area contributed by atoms with Gasteiger partial charge in [-0.2, -0.15) is 0 Å². The van der Waals surface area contributed by atoms with E-state index in [2.05, 4.69) is 15.9 Å². The molecule has 0 saturated carbocycles. The van der Waals surface area contributed by atoms with E-state index in [1.54, 1.807) is 12.1 Å². The average Bonchev–Trinajstić information content (AvgIpc) is 2.49. The highest BCUT2D eigenvalue weighted by Gasteiger charge is 2.15. The number of aldehydes is 1. The van der Waals surface area contributed by atoms with Crippen molar-refractivity contribution < 1.29 is 19.0 Å². The van der Waals surface area contributed by atoms with Crippen molar-refractivity contribution in [1.29, 1.82) is 0 Å². The normalized spacial score (nSPS) is 9.95. The Bertz CT molecular complexity index is 583. The molecule has 0 unspecified atom stereocenters. The molecule has 0 aromatic heterocycles. The Kier molecular flexibility index (Phi) is 4.63. The van der Waals surface area contributed by atoms with E-state index in [9.17, 15) is 4.79 Å². The molecule has 2 aromatic rings. The van der Waals surface area contributed by atoms with Crippen LogP contribution in [0.5, 0.6) is 23.0 Å². The Morgan fingerprint density at radius 2 is 1.55 bits per heavy atom. The fourth-order valence-electron chi connectivity index (χ4n) is 1.69. The highest BCUT2D eigenvalue weighted by Crippen LogP contribution is 2.41. The Hall–Kier alpha value is -2.01. The van der Waals surface area contributed by atoms with Crippen LogP contribution in [-0.4, -0.2) is 20.5 Å². The fourth-order valence-corrected chi connectivity index (χ4v) is 1.95. The van der Waals surface area contributed by atoms with Gasteiger partial charge in [0, 0.05) is 10.0 Å². The number of rotatable bonds is 5. The maximum atomic E-state index is 10.9. The Morgan fingerprint density at radius 3 is 2.00 bits per heavy atom. The van der Waals surface area contributed by atoms with Crippen molar-refractivity contribution in [2.45, 2.75) is 0 Å². The summed E-state index contributed by atoms with van der Waals surface area (Å²) in [6, 6.07) is 10.6. The van der Waals surface area contributed by atoms with Gasteiger partial charge in [0.2, 0.25) is 5.75 Å². The maximum absolute atomic E-state index is 10.9. The van der Waals surface area contributed by atoms with Crippen molar-refractivity contribution in [3.63, 3.8) is 0 Å². The largest absolute Gasteiger partial charge is 0.493 e. The SMILES string of the molecule is COc1cc(C=O)cc(OC)c1Oc1ccc(Br)cc1. The van der Waals surface area contributed by atoms with Gasteiger partial charge in [-0.05, 0) is 36.4 Å². The zero-order valence-corrected chi connectivity index (χ0v) is 12.6. The summed E-state index contributed by atoms with van der Waals surface area (Å²) in [4.78, 5) is 10.9. The lowest BCUT2D eigenvalue weighted by Gasteiger charge is -2.14. The molecule has 20 heavy (non-hydrogen) atoms. The van der Waals surface area contributed by atoms with Gasteiger partial charge in [0.25, 0.3) is 0 Å². The van der Waals surface area contributed by atoms with Crippen molar-refractivity contribution >= 4 is 22.2 Å². The number of hydrogen-bond donors (Lipinski definition) is 0. The molecule has 0 radical (unpaired) electrons. The highest BCUT2D eigenvalue weighted by molar-refractivity contribution is 9.10. The van der Waals surface area contributed by atoms with Crippen LogP contribution in [0.3, 0.4) is 0 Å². The van der Waals surface area contributed by atoms with Crippen LogP contribution in [0.4, 0.5) is 0 Å². The van der Waals surface area contributed by atoms with Crippen molar-refractivity contribution in [1.82, 2.24) is 0 Å². The molecule has 0 aliphatic heterocycles. The number of hydrogen-bond acceptors (Lipinski definition) is 4. The number of benzene rings is 2. The summed E-state index contributed by atoms with van der Waals surface area (Å²) in [5.74, 6) is 1.95. The van der Waals surface area contributed by atoms with E-state index >= 15 is 0 Å². The van der Waals surface area contributed by atoms with E-state index in [0.717, 1.165) is 10.8 Å². The van der Waals surface area contributed by atoms with Crippen LogP contribution in [-0.2, 0) is 0 Å². The zero-order valence-electron chi connectivity index (χ0n) is 11.1. The second kappa shape index (κ2) is 6.43. The Morgan fingerprint density at radius 1 is 1.00 bits per heavy atom. The lowest BCUT2D eigenvalue weighted by Crippen LogP contribution is -1.96. The lowest BCUT2D eigenvalue weighted by atomic mass is 10.2. The van der Waals surface area contributed by atoms with Crippen LogP contribution in [0.1, 0.15) is 10.4 Å². The molecular weight excluding hydrogens is 324 g/mol. The quantitative estimate of drug-likeness (QED) is 0.772. The first-order valence-corrected chi connectivity index (χ1v) is 6.62. The second-order valence-electron chi connectivity index (χ2n) is 3.93. The molecule has 0 N–H and O–H groups in total. The van der Waals surface area contributed by atoms with Crippen LogP contribution < -0.4 is 14.2 Å². The highest BCUT2D eigenvalue weighted by atomic mass is 79.9. The molecular formula is C15H13BrO4. The first-order valence-electron chi connectivity index (χ1n) is 5.82. The second-order valence-corrected chi connectivity index (χ2v) is 4.84. The molecule has 0 spiro atoms. The molecule has 0 aliphatic carbocycles. The average molecular weight is 337 g/mol. The number of halogens is 1. The maximum Gasteiger partial charge on any atom is 0.211 e. The summed E-state index contributed by atoms with van der Waals surface area (Å²) in [5.41, 5.74) is 0.460. The van der Waals surface area contributed by atoms with Gasteiger partial charge in [-0.3, -0.25) is 4.79 Å². The van der Waals surface area contributed by atoms with E-state index in [4.69, 9.17) is 14.2 Å². The fraction of sp³-hybridized carbons (Fsp3) is 0.133. The Labute approximate surface area is 125 Å². The molecule has 0 saturated heterocycles. The summed E-state index contributed by atoms with van der Waals surface area (Å²) in [6.07, 6.45) is 0.731. The molecule has 104 valence electrons. The molecule has 0 heterocycles. The number of methoxy groups -OCH3 is 2. The Balaban J connectivity index is 2.43. The zero-order chi connectivity index (χ0) is 14.5. The van der Waals surface area contributed by atoms with Crippen molar-refractivity contribution in [2.24, 2.45) is 0 Å². The van der Waals surface area contributed by atoms with Gasteiger partial charge in [-0.1, -0.05) is 15.9 Å². The van der Waals surface area contributed by atoms with Gasteiger partial charge in [0.15, 0.2) is 11.5 Å². The van der Waals surface area contributed by atoms with Gasteiger partial charge in [0.05, 0.1) is 14.2 Å². The first-order chi connectivity index (χ1) is 9.67. The van der Waals surface area contributed by atoms with E-state index in [-0.39, 0.29) is 0 Å². The van der Waals surface area contributed by atoms with Crippen molar-refractivity contribution in [2.75, 3.05) is 14.2 Å². The third kappa shape index (κ3) is 3.11. The molecule has 2 rings (SSSR count). The topological polar surface area (TPSA) is 44.8 Å². The van der Waals surface area contributed by atoms with Crippen LogP contribution in [0.2, 0.25) is 0 Å². The van der Waals surface area contributed by atoms with E-state index in [1.165, 1.54) is 14.2 Å². The molecule has 0 atom stereocenters. The van der Waals surface area contributed by atoms with Gasteiger partial charge in [-0.15, -0.1) is 0 Å².